The molecule has 0 aliphatic carbocycles. The lowest BCUT2D eigenvalue weighted by atomic mass is 9.97. The molecular weight excluding hydrogens is 383 g/mol. The van der Waals surface area contributed by atoms with Crippen LogP contribution in [0.5, 0.6) is 0 Å². The highest BCUT2D eigenvalue weighted by atomic mass is 79.9. The van der Waals surface area contributed by atoms with Crippen molar-refractivity contribution < 1.29 is 8.78 Å². The van der Waals surface area contributed by atoms with E-state index in [4.69, 9.17) is 23.2 Å². The zero-order valence-corrected chi connectivity index (χ0v) is 14.2. The molecule has 0 spiro atoms. The third-order valence-electron chi connectivity index (χ3n) is 3.02. The second-order valence-corrected chi connectivity index (χ2v) is 6.18. The van der Waals surface area contributed by atoms with Crippen molar-refractivity contribution >= 4 is 39.1 Å². The molecule has 0 heterocycles. The smallest absolute Gasteiger partial charge is 0.132 e. The van der Waals surface area contributed by atoms with Crippen molar-refractivity contribution in [1.29, 1.82) is 0 Å². The maximum absolute atomic E-state index is 14.2. The standard InChI is InChI=1S/C15H12BrCl2F2N/c1-2-21-15(8-3-4-10(17)11(18)5-8)14-12(19)6-9(16)7-13(14)20/h3-7,15,21H,2H2,1H3. The lowest BCUT2D eigenvalue weighted by Crippen LogP contribution is -2.24. The summed E-state index contributed by atoms with van der Waals surface area (Å²) in [4.78, 5) is 0. The largest absolute Gasteiger partial charge is 0.306 e. The molecule has 0 aliphatic heterocycles. The average Bonchev–Trinajstić information content (AvgIpc) is 2.40. The highest BCUT2D eigenvalue weighted by molar-refractivity contribution is 9.10. The quantitative estimate of drug-likeness (QED) is 0.697. The van der Waals surface area contributed by atoms with E-state index >= 15 is 0 Å². The lowest BCUT2D eigenvalue weighted by molar-refractivity contribution is 0.509. The number of benzene rings is 2. The molecule has 1 atom stereocenters. The van der Waals surface area contributed by atoms with Gasteiger partial charge < -0.3 is 5.32 Å². The number of hydrogen-bond acceptors (Lipinski definition) is 1. The summed E-state index contributed by atoms with van der Waals surface area (Å²) < 4.78 is 28.7. The van der Waals surface area contributed by atoms with Crippen molar-refractivity contribution in [1.82, 2.24) is 5.32 Å². The predicted octanol–water partition coefficient (Wildman–Crippen LogP) is 5.73. The van der Waals surface area contributed by atoms with Gasteiger partial charge in [-0.3, -0.25) is 0 Å². The fourth-order valence-electron chi connectivity index (χ4n) is 2.11. The summed E-state index contributed by atoms with van der Waals surface area (Å²) in [5.41, 5.74) is 0.602. The Bertz CT molecular complexity index is 641. The van der Waals surface area contributed by atoms with Crippen LogP contribution in [-0.4, -0.2) is 6.54 Å². The minimum Gasteiger partial charge on any atom is -0.306 e. The Kier molecular flexibility index (Phi) is 5.60. The van der Waals surface area contributed by atoms with E-state index in [9.17, 15) is 8.78 Å². The normalized spacial score (nSPS) is 12.5. The van der Waals surface area contributed by atoms with Gasteiger partial charge in [-0.05, 0) is 36.4 Å². The average molecular weight is 395 g/mol. The van der Waals surface area contributed by atoms with Gasteiger partial charge in [0.15, 0.2) is 0 Å². The van der Waals surface area contributed by atoms with Crippen LogP contribution in [0.15, 0.2) is 34.8 Å². The Morgan fingerprint density at radius 2 is 1.71 bits per heavy atom. The molecule has 21 heavy (non-hydrogen) atoms. The van der Waals surface area contributed by atoms with Crippen LogP contribution in [-0.2, 0) is 0 Å². The van der Waals surface area contributed by atoms with Gasteiger partial charge in [-0.15, -0.1) is 0 Å². The Hall–Kier alpha value is -0.680. The zero-order valence-electron chi connectivity index (χ0n) is 11.1. The van der Waals surface area contributed by atoms with Crippen LogP contribution in [0.1, 0.15) is 24.1 Å². The van der Waals surface area contributed by atoms with Gasteiger partial charge in [0.2, 0.25) is 0 Å². The van der Waals surface area contributed by atoms with E-state index < -0.39 is 17.7 Å². The van der Waals surface area contributed by atoms with Gasteiger partial charge >= 0.3 is 0 Å². The predicted molar refractivity (Wildman–Crippen MR) is 86.0 cm³/mol. The van der Waals surface area contributed by atoms with Crippen molar-refractivity contribution in [3.05, 3.63) is 67.6 Å². The number of rotatable bonds is 4. The third kappa shape index (κ3) is 3.75. The summed E-state index contributed by atoms with van der Waals surface area (Å²) in [6, 6.07) is 6.75. The van der Waals surface area contributed by atoms with E-state index in [1.54, 1.807) is 18.2 Å². The summed E-state index contributed by atoms with van der Waals surface area (Å²) in [6.45, 7) is 2.40. The summed E-state index contributed by atoms with van der Waals surface area (Å²) >= 11 is 15.0. The van der Waals surface area contributed by atoms with E-state index in [1.807, 2.05) is 6.92 Å². The van der Waals surface area contributed by atoms with E-state index in [1.165, 1.54) is 12.1 Å². The van der Waals surface area contributed by atoms with E-state index in [0.29, 0.717) is 26.6 Å². The van der Waals surface area contributed by atoms with Crippen LogP contribution in [0, 0.1) is 11.6 Å². The third-order valence-corrected chi connectivity index (χ3v) is 4.21. The van der Waals surface area contributed by atoms with Gasteiger partial charge in [-0.2, -0.15) is 0 Å². The first-order chi connectivity index (χ1) is 9.93. The minimum absolute atomic E-state index is 0.0431. The van der Waals surface area contributed by atoms with Crippen molar-refractivity contribution in [3.63, 3.8) is 0 Å². The Balaban J connectivity index is 2.55. The van der Waals surface area contributed by atoms with Crippen LogP contribution in [0.3, 0.4) is 0 Å². The maximum atomic E-state index is 14.2. The van der Waals surface area contributed by atoms with Crippen molar-refractivity contribution in [3.8, 4) is 0 Å². The van der Waals surface area contributed by atoms with Gasteiger partial charge in [0.1, 0.15) is 11.6 Å². The van der Waals surface area contributed by atoms with E-state index in [0.717, 1.165) is 0 Å². The Morgan fingerprint density at radius 1 is 1.10 bits per heavy atom. The van der Waals surface area contributed by atoms with E-state index in [-0.39, 0.29) is 5.56 Å². The summed E-state index contributed by atoms with van der Waals surface area (Å²) in [6.07, 6.45) is 0. The van der Waals surface area contributed by atoms with Crippen LogP contribution in [0.25, 0.3) is 0 Å². The number of halogens is 5. The molecule has 0 fully saturated rings. The molecule has 0 radical (unpaired) electrons. The number of hydrogen-bond donors (Lipinski definition) is 1. The molecule has 2 rings (SSSR count). The minimum atomic E-state index is -0.641. The fraction of sp³-hybridized carbons (Fsp3) is 0.200. The van der Waals surface area contributed by atoms with Gasteiger partial charge in [0, 0.05) is 10.0 Å². The molecule has 1 nitrogen and oxygen atoms in total. The van der Waals surface area contributed by atoms with Gasteiger partial charge in [0.25, 0.3) is 0 Å². The molecule has 0 saturated heterocycles. The van der Waals surface area contributed by atoms with Crippen LogP contribution in [0.2, 0.25) is 10.0 Å². The van der Waals surface area contributed by atoms with Crippen molar-refractivity contribution in [2.45, 2.75) is 13.0 Å². The molecule has 2 aromatic carbocycles. The number of nitrogens with one attached hydrogen (secondary N) is 1. The summed E-state index contributed by atoms with van der Waals surface area (Å²) in [7, 11) is 0. The topological polar surface area (TPSA) is 12.0 Å². The molecule has 1 unspecified atom stereocenters. The van der Waals surface area contributed by atoms with Crippen LogP contribution in [0.4, 0.5) is 8.78 Å². The SMILES string of the molecule is CCNC(c1ccc(Cl)c(Cl)c1)c1c(F)cc(Br)cc1F. The van der Waals surface area contributed by atoms with Gasteiger partial charge in [-0.25, -0.2) is 8.78 Å². The summed E-state index contributed by atoms with van der Waals surface area (Å²) in [5, 5.41) is 3.80. The summed E-state index contributed by atoms with van der Waals surface area (Å²) in [5.74, 6) is -1.25. The molecule has 0 saturated carbocycles. The first-order valence-corrected chi connectivity index (χ1v) is 7.81. The Morgan fingerprint density at radius 3 is 2.24 bits per heavy atom. The second-order valence-electron chi connectivity index (χ2n) is 4.45. The molecule has 1 N–H and O–H groups in total. The molecule has 0 aliphatic rings. The second kappa shape index (κ2) is 7.05. The monoisotopic (exact) mass is 393 g/mol. The van der Waals surface area contributed by atoms with Gasteiger partial charge in [0.05, 0.1) is 16.1 Å². The molecule has 0 amide bonds. The van der Waals surface area contributed by atoms with E-state index in [2.05, 4.69) is 21.2 Å². The van der Waals surface area contributed by atoms with Crippen LogP contribution < -0.4 is 5.32 Å². The van der Waals surface area contributed by atoms with Crippen molar-refractivity contribution in [2.24, 2.45) is 0 Å². The highest BCUT2D eigenvalue weighted by Gasteiger charge is 2.22. The Labute approximate surface area is 140 Å². The molecule has 0 bridgehead atoms. The van der Waals surface area contributed by atoms with Crippen LogP contribution >= 0.6 is 39.1 Å². The highest BCUT2D eigenvalue weighted by Crippen LogP contribution is 2.32. The fourth-order valence-corrected chi connectivity index (χ4v) is 2.82. The zero-order chi connectivity index (χ0) is 15.6. The first-order valence-electron chi connectivity index (χ1n) is 6.26. The molecule has 0 aromatic heterocycles. The molecule has 2 aromatic rings. The van der Waals surface area contributed by atoms with Gasteiger partial charge in [-0.1, -0.05) is 52.1 Å². The van der Waals surface area contributed by atoms with Crippen molar-refractivity contribution in [2.75, 3.05) is 6.54 Å². The first kappa shape index (κ1) is 16.7. The maximum Gasteiger partial charge on any atom is 0.132 e. The molecule has 112 valence electrons. The molecule has 6 heteroatoms. The molecular formula is C15H12BrCl2F2N. The lowest BCUT2D eigenvalue weighted by Gasteiger charge is -2.21.